The Labute approximate surface area is 120 Å². The molecule has 1 N–H and O–H groups in total. The zero-order valence-electron chi connectivity index (χ0n) is 13.5. The van der Waals surface area contributed by atoms with E-state index in [1.54, 1.807) is 0 Å². The van der Waals surface area contributed by atoms with Crippen LogP contribution in [0.2, 0.25) is 0 Å². The van der Waals surface area contributed by atoms with Crippen LogP contribution in [0.25, 0.3) is 0 Å². The van der Waals surface area contributed by atoms with E-state index in [4.69, 9.17) is 4.74 Å². The third kappa shape index (κ3) is 5.41. The molecule has 0 spiro atoms. The Balaban J connectivity index is 2.53. The number of rotatable bonds is 10. The van der Waals surface area contributed by atoms with Crippen molar-refractivity contribution >= 4 is 0 Å². The van der Waals surface area contributed by atoms with Crippen molar-refractivity contribution in [2.45, 2.75) is 65.0 Å². The Morgan fingerprint density at radius 1 is 1.26 bits per heavy atom. The second-order valence-corrected chi connectivity index (χ2v) is 5.93. The summed E-state index contributed by atoms with van der Waals surface area (Å²) in [4.78, 5) is 2.70. The first-order chi connectivity index (χ1) is 9.26. The lowest BCUT2D eigenvalue weighted by molar-refractivity contribution is 0.135. The third-order valence-electron chi connectivity index (χ3n) is 4.33. The van der Waals surface area contributed by atoms with Crippen LogP contribution in [0, 0.1) is 5.92 Å². The van der Waals surface area contributed by atoms with Gasteiger partial charge in [0.25, 0.3) is 0 Å². The normalized spacial score (nSPS) is 23.7. The number of ether oxygens (including phenoxy) is 1. The Kier molecular flexibility index (Phi) is 8.67. The molecule has 1 heterocycles. The van der Waals surface area contributed by atoms with Crippen LogP contribution in [0.1, 0.15) is 52.9 Å². The van der Waals surface area contributed by atoms with Crippen molar-refractivity contribution in [1.82, 2.24) is 10.2 Å². The molecule has 3 atom stereocenters. The van der Waals surface area contributed by atoms with E-state index in [0.717, 1.165) is 19.1 Å². The molecule has 1 aliphatic heterocycles. The molecule has 0 amide bonds. The fraction of sp³-hybridized carbons (Fsp3) is 1.00. The molecular weight excluding hydrogens is 236 g/mol. The van der Waals surface area contributed by atoms with E-state index in [1.807, 2.05) is 7.11 Å². The van der Waals surface area contributed by atoms with Gasteiger partial charge in [-0.3, -0.25) is 4.90 Å². The van der Waals surface area contributed by atoms with E-state index < -0.39 is 0 Å². The molecule has 0 bridgehead atoms. The first kappa shape index (κ1) is 16.9. The first-order valence-corrected chi connectivity index (χ1v) is 8.23. The SMILES string of the molecule is CCCNC(CCC)C(CC)N1CCC(COC)C1. The van der Waals surface area contributed by atoms with Gasteiger partial charge in [0, 0.05) is 25.7 Å². The van der Waals surface area contributed by atoms with E-state index in [-0.39, 0.29) is 0 Å². The van der Waals surface area contributed by atoms with E-state index >= 15 is 0 Å². The minimum atomic E-state index is 0.663. The van der Waals surface area contributed by atoms with E-state index in [9.17, 15) is 0 Å². The number of nitrogens with one attached hydrogen (secondary N) is 1. The van der Waals surface area contributed by atoms with Gasteiger partial charge in [-0.1, -0.05) is 27.2 Å². The smallest absolute Gasteiger partial charge is 0.0503 e. The third-order valence-corrected chi connectivity index (χ3v) is 4.33. The van der Waals surface area contributed by atoms with Crippen LogP contribution in [0.3, 0.4) is 0 Å². The molecule has 0 aromatic heterocycles. The van der Waals surface area contributed by atoms with Crippen LogP contribution in [0.15, 0.2) is 0 Å². The van der Waals surface area contributed by atoms with Crippen LogP contribution in [0.4, 0.5) is 0 Å². The summed E-state index contributed by atoms with van der Waals surface area (Å²) in [5.41, 5.74) is 0. The number of hydrogen-bond donors (Lipinski definition) is 1. The summed E-state index contributed by atoms with van der Waals surface area (Å²) in [7, 11) is 1.82. The average molecular weight is 270 g/mol. The van der Waals surface area contributed by atoms with Gasteiger partial charge >= 0.3 is 0 Å². The van der Waals surface area contributed by atoms with Crippen molar-refractivity contribution in [1.29, 1.82) is 0 Å². The molecule has 3 unspecified atom stereocenters. The van der Waals surface area contributed by atoms with Crippen molar-refractivity contribution in [2.75, 3.05) is 33.4 Å². The van der Waals surface area contributed by atoms with Gasteiger partial charge in [-0.25, -0.2) is 0 Å². The highest BCUT2D eigenvalue weighted by Crippen LogP contribution is 2.23. The zero-order chi connectivity index (χ0) is 14.1. The highest BCUT2D eigenvalue weighted by atomic mass is 16.5. The fourth-order valence-electron chi connectivity index (χ4n) is 3.40. The molecule has 3 nitrogen and oxygen atoms in total. The lowest BCUT2D eigenvalue weighted by atomic mass is 9.99. The van der Waals surface area contributed by atoms with Crippen molar-refractivity contribution in [3.05, 3.63) is 0 Å². The predicted octanol–water partition coefficient (Wildman–Crippen LogP) is 2.90. The number of hydrogen-bond acceptors (Lipinski definition) is 3. The quantitative estimate of drug-likeness (QED) is 0.660. The molecule has 0 aromatic carbocycles. The summed E-state index contributed by atoms with van der Waals surface area (Å²) < 4.78 is 5.32. The molecule has 0 aliphatic carbocycles. The van der Waals surface area contributed by atoms with Gasteiger partial charge < -0.3 is 10.1 Å². The summed E-state index contributed by atoms with van der Waals surface area (Å²) in [6, 6.07) is 1.37. The van der Waals surface area contributed by atoms with Crippen LogP contribution >= 0.6 is 0 Å². The van der Waals surface area contributed by atoms with Gasteiger partial charge in [0.15, 0.2) is 0 Å². The summed E-state index contributed by atoms with van der Waals surface area (Å²) in [6.07, 6.45) is 6.35. The van der Waals surface area contributed by atoms with Crippen molar-refractivity contribution in [3.8, 4) is 0 Å². The summed E-state index contributed by atoms with van der Waals surface area (Å²) in [5, 5.41) is 3.77. The predicted molar refractivity (Wildman–Crippen MR) is 82.6 cm³/mol. The average Bonchev–Trinajstić information content (AvgIpc) is 2.86. The molecule has 1 aliphatic rings. The highest BCUT2D eigenvalue weighted by molar-refractivity contribution is 4.88. The van der Waals surface area contributed by atoms with Crippen LogP contribution < -0.4 is 5.32 Å². The maximum atomic E-state index is 5.32. The Morgan fingerprint density at radius 3 is 2.63 bits per heavy atom. The zero-order valence-corrected chi connectivity index (χ0v) is 13.5. The summed E-state index contributed by atoms with van der Waals surface area (Å²) in [6.45, 7) is 11.4. The number of methoxy groups -OCH3 is 1. The first-order valence-electron chi connectivity index (χ1n) is 8.23. The molecule has 0 aromatic rings. The molecule has 0 radical (unpaired) electrons. The van der Waals surface area contributed by atoms with Gasteiger partial charge in [-0.05, 0) is 44.7 Å². The standard InChI is InChI=1S/C16H34N2O/c1-5-8-15(17-10-6-2)16(7-3)18-11-9-14(12-18)13-19-4/h14-17H,5-13H2,1-4H3. The van der Waals surface area contributed by atoms with Crippen LogP contribution in [-0.4, -0.2) is 50.3 Å². The van der Waals surface area contributed by atoms with Gasteiger partial charge in [0.2, 0.25) is 0 Å². The lowest BCUT2D eigenvalue weighted by Crippen LogP contribution is -2.49. The number of likely N-dealkylation sites (tertiary alicyclic amines) is 1. The van der Waals surface area contributed by atoms with E-state index in [1.165, 1.54) is 45.2 Å². The molecule has 19 heavy (non-hydrogen) atoms. The second kappa shape index (κ2) is 9.73. The largest absolute Gasteiger partial charge is 0.384 e. The van der Waals surface area contributed by atoms with E-state index in [0.29, 0.717) is 12.1 Å². The Morgan fingerprint density at radius 2 is 2.05 bits per heavy atom. The maximum absolute atomic E-state index is 5.32. The van der Waals surface area contributed by atoms with E-state index in [2.05, 4.69) is 31.0 Å². The maximum Gasteiger partial charge on any atom is 0.0503 e. The molecule has 3 heteroatoms. The topological polar surface area (TPSA) is 24.5 Å². The van der Waals surface area contributed by atoms with Gasteiger partial charge in [-0.2, -0.15) is 0 Å². The molecule has 1 fully saturated rings. The molecular formula is C16H34N2O. The van der Waals surface area contributed by atoms with Crippen molar-refractivity contribution < 1.29 is 4.74 Å². The van der Waals surface area contributed by atoms with Crippen LogP contribution in [0.5, 0.6) is 0 Å². The minimum absolute atomic E-state index is 0.663. The Bertz CT molecular complexity index is 223. The number of nitrogens with zero attached hydrogens (tertiary/aromatic N) is 1. The summed E-state index contributed by atoms with van der Waals surface area (Å²) >= 11 is 0. The van der Waals surface area contributed by atoms with Gasteiger partial charge in [0.05, 0.1) is 6.61 Å². The minimum Gasteiger partial charge on any atom is -0.384 e. The highest BCUT2D eigenvalue weighted by Gasteiger charge is 2.31. The van der Waals surface area contributed by atoms with Crippen molar-refractivity contribution in [2.24, 2.45) is 5.92 Å². The van der Waals surface area contributed by atoms with Gasteiger partial charge in [0.1, 0.15) is 0 Å². The van der Waals surface area contributed by atoms with Crippen LogP contribution in [-0.2, 0) is 4.74 Å². The Hall–Kier alpha value is -0.120. The molecule has 1 saturated heterocycles. The molecule has 1 rings (SSSR count). The second-order valence-electron chi connectivity index (χ2n) is 5.93. The fourth-order valence-corrected chi connectivity index (χ4v) is 3.40. The monoisotopic (exact) mass is 270 g/mol. The van der Waals surface area contributed by atoms with Gasteiger partial charge in [-0.15, -0.1) is 0 Å². The van der Waals surface area contributed by atoms with Crippen molar-refractivity contribution in [3.63, 3.8) is 0 Å². The lowest BCUT2D eigenvalue weighted by Gasteiger charge is -2.35. The molecule has 0 saturated carbocycles. The summed E-state index contributed by atoms with van der Waals surface area (Å²) in [5.74, 6) is 0.743. The molecule has 114 valence electrons.